The molecule has 0 aliphatic heterocycles. The fraction of sp³-hybridized carbons (Fsp3) is 0.385. The van der Waals surface area contributed by atoms with E-state index in [1.54, 1.807) is 0 Å². The van der Waals surface area contributed by atoms with Gasteiger partial charge in [-0.3, -0.25) is 4.79 Å². The molecule has 1 fully saturated rings. The zero-order valence-electron chi connectivity index (χ0n) is 9.87. The number of aliphatic carboxylic acids is 1. The molecule has 0 atom stereocenters. The highest BCUT2D eigenvalue weighted by Crippen LogP contribution is 2.38. The van der Waals surface area contributed by atoms with Gasteiger partial charge in [-0.15, -0.1) is 0 Å². The van der Waals surface area contributed by atoms with Crippen molar-refractivity contribution in [2.24, 2.45) is 0 Å². The minimum absolute atomic E-state index is 0.183. The van der Waals surface area contributed by atoms with Crippen LogP contribution in [0.2, 0.25) is 0 Å². The first-order chi connectivity index (χ1) is 8.75. The van der Waals surface area contributed by atoms with E-state index in [4.69, 9.17) is 5.11 Å². The quantitative estimate of drug-likeness (QED) is 0.900. The molecule has 5 heteroatoms. The number of anilines is 1. The maximum absolute atomic E-state index is 10.7. The number of carbonyl (C=O) groups is 1. The molecule has 18 heavy (non-hydrogen) atoms. The van der Waals surface area contributed by atoms with Gasteiger partial charge in [0.15, 0.2) is 0 Å². The van der Waals surface area contributed by atoms with Gasteiger partial charge in [-0.25, -0.2) is 0 Å². The standard InChI is InChI=1S/C13H14N2O2S/c16-12(17)7-8-15(9-5-6-9)13-10-3-1-2-4-11(10)14-18-13/h1-4,9H,5-8H2,(H,16,17). The summed E-state index contributed by atoms with van der Waals surface area (Å²) < 4.78 is 4.43. The normalized spacial score (nSPS) is 14.9. The molecule has 0 bridgehead atoms. The number of carboxylic acids is 1. The van der Waals surface area contributed by atoms with Crippen LogP contribution in [-0.4, -0.2) is 28.0 Å². The molecule has 1 heterocycles. The maximum atomic E-state index is 10.7. The van der Waals surface area contributed by atoms with Crippen LogP contribution in [0.15, 0.2) is 24.3 Å². The van der Waals surface area contributed by atoms with Crippen molar-refractivity contribution in [1.82, 2.24) is 4.37 Å². The number of fused-ring (bicyclic) bond motifs is 1. The second-order valence-electron chi connectivity index (χ2n) is 4.57. The van der Waals surface area contributed by atoms with Gasteiger partial charge in [0.25, 0.3) is 0 Å². The predicted molar refractivity (Wildman–Crippen MR) is 72.2 cm³/mol. The molecular formula is C13H14N2O2S. The molecule has 0 spiro atoms. The molecule has 1 aromatic heterocycles. The Hall–Kier alpha value is -1.62. The summed E-state index contributed by atoms with van der Waals surface area (Å²) in [5.74, 6) is -0.741. The van der Waals surface area contributed by atoms with Crippen molar-refractivity contribution >= 4 is 33.4 Å². The Balaban J connectivity index is 1.91. The highest BCUT2D eigenvalue weighted by Gasteiger charge is 2.31. The summed E-state index contributed by atoms with van der Waals surface area (Å²) in [5.41, 5.74) is 0.999. The van der Waals surface area contributed by atoms with E-state index in [-0.39, 0.29) is 6.42 Å². The molecule has 1 aromatic carbocycles. The third-order valence-corrected chi connectivity index (χ3v) is 4.10. The van der Waals surface area contributed by atoms with E-state index in [9.17, 15) is 4.79 Å². The second-order valence-corrected chi connectivity index (χ2v) is 5.33. The minimum Gasteiger partial charge on any atom is -0.481 e. The van der Waals surface area contributed by atoms with Gasteiger partial charge < -0.3 is 10.0 Å². The van der Waals surface area contributed by atoms with Gasteiger partial charge in [-0.1, -0.05) is 12.1 Å². The second kappa shape index (κ2) is 4.57. The lowest BCUT2D eigenvalue weighted by Crippen LogP contribution is -2.27. The van der Waals surface area contributed by atoms with Gasteiger partial charge in [-0.05, 0) is 36.5 Å². The van der Waals surface area contributed by atoms with Gasteiger partial charge in [0.2, 0.25) is 0 Å². The van der Waals surface area contributed by atoms with E-state index < -0.39 is 5.97 Å². The topological polar surface area (TPSA) is 53.4 Å². The molecular weight excluding hydrogens is 248 g/mol. The Morgan fingerprint density at radius 1 is 1.44 bits per heavy atom. The first-order valence-corrected chi connectivity index (χ1v) is 6.86. The van der Waals surface area contributed by atoms with E-state index in [1.165, 1.54) is 11.5 Å². The van der Waals surface area contributed by atoms with Gasteiger partial charge in [0.1, 0.15) is 5.00 Å². The van der Waals surface area contributed by atoms with Crippen molar-refractivity contribution in [2.45, 2.75) is 25.3 Å². The SMILES string of the molecule is O=C(O)CCN(c1snc2ccccc12)C1CC1. The Morgan fingerprint density at radius 2 is 2.22 bits per heavy atom. The minimum atomic E-state index is -0.741. The van der Waals surface area contributed by atoms with Crippen molar-refractivity contribution in [3.05, 3.63) is 24.3 Å². The van der Waals surface area contributed by atoms with Crippen LogP contribution in [0.3, 0.4) is 0 Å². The first kappa shape index (κ1) is 11.5. The molecule has 3 rings (SSSR count). The van der Waals surface area contributed by atoms with Crippen molar-refractivity contribution in [3.63, 3.8) is 0 Å². The number of hydrogen-bond acceptors (Lipinski definition) is 4. The lowest BCUT2D eigenvalue weighted by molar-refractivity contribution is -0.136. The van der Waals surface area contributed by atoms with Gasteiger partial charge >= 0.3 is 5.97 Å². The molecule has 2 aromatic rings. The Bertz CT molecular complexity index is 577. The number of carboxylic acid groups (broad SMARTS) is 1. The number of aromatic nitrogens is 1. The van der Waals surface area contributed by atoms with Crippen LogP contribution in [-0.2, 0) is 4.79 Å². The zero-order valence-corrected chi connectivity index (χ0v) is 10.7. The Labute approximate surface area is 109 Å². The van der Waals surface area contributed by atoms with E-state index in [2.05, 4.69) is 15.3 Å². The van der Waals surface area contributed by atoms with Gasteiger partial charge in [0.05, 0.1) is 11.9 Å². The third kappa shape index (κ3) is 2.18. The molecule has 0 amide bonds. The Morgan fingerprint density at radius 3 is 2.94 bits per heavy atom. The number of hydrogen-bond donors (Lipinski definition) is 1. The Kier molecular flexibility index (Phi) is 2.91. The van der Waals surface area contributed by atoms with E-state index in [0.29, 0.717) is 12.6 Å². The lowest BCUT2D eigenvalue weighted by atomic mass is 10.2. The van der Waals surface area contributed by atoms with Crippen molar-refractivity contribution in [3.8, 4) is 0 Å². The van der Waals surface area contributed by atoms with Gasteiger partial charge in [0, 0.05) is 18.0 Å². The van der Waals surface area contributed by atoms with Crippen LogP contribution in [0.4, 0.5) is 5.00 Å². The maximum Gasteiger partial charge on any atom is 0.305 e. The summed E-state index contributed by atoms with van der Waals surface area (Å²) in [7, 11) is 0. The van der Waals surface area contributed by atoms with Crippen molar-refractivity contribution < 1.29 is 9.90 Å². The van der Waals surface area contributed by atoms with E-state index in [0.717, 1.165) is 28.7 Å². The average Bonchev–Trinajstić information content (AvgIpc) is 3.10. The molecule has 0 radical (unpaired) electrons. The molecule has 1 saturated carbocycles. The zero-order chi connectivity index (χ0) is 12.5. The molecule has 94 valence electrons. The summed E-state index contributed by atoms with van der Waals surface area (Å²) in [5, 5.41) is 11.1. The van der Waals surface area contributed by atoms with Crippen LogP contribution >= 0.6 is 11.5 Å². The van der Waals surface area contributed by atoms with E-state index >= 15 is 0 Å². The van der Waals surface area contributed by atoms with Crippen molar-refractivity contribution in [2.75, 3.05) is 11.4 Å². The van der Waals surface area contributed by atoms with E-state index in [1.807, 2.05) is 18.2 Å². The first-order valence-electron chi connectivity index (χ1n) is 6.08. The predicted octanol–water partition coefficient (Wildman–Crippen LogP) is 2.74. The highest BCUT2D eigenvalue weighted by molar-refractivity contribution is 7.11. The van der Waals surface area contributed by atoms with Crippen LogP contribution in [0.5, 0.6) is 0 Å². The summed E-state index contributed by atoms with van der Waals surface area (Å²) in [4.78, 5) is 13.0. The molecule has 1 aliphatic carbocycles. The van der Waals surface area contributed by atoms with Crippen LogP contribution in [0.25, 0.3) is 10.9 Å². The van der Waals surface area contributed by atoms with Crippen LogP contribution < -0.4 is 4.90 Å². The number of nitrogens with zero attached hydrogens (tertiary/aromatic N) is 2. The molecule has 4 nitrogen and oxygen atoms in total. The number of rotatable bonds is 5. The van der Waals surface area contributed by atoms with Crippen LogP contribution in [0.1, 0.15) is 19.3 Å². The molecule has 0 saturated heterocycles. The summed E-state index contributed by atoms with van der Waals surface area (Å²) in [6, 6.07) is 8.54. The van der Waals surface area contributed by atoms with Gasteiger partial charge in [-0.2, -0.15) is 4.37 Å². The summed E-state index contributed by atoms with van der Waals surface area (Å²) in [6.45, 7) is 0.576. The highest BCUT2D eigenvalue weighted by atomic mass is 32.1. The fourth-order valence-corrected chi connectivity index (χ4v) is 3.10. The fourth-order valence-electron chi connectivity index (χ4n) is 2.14. The number of benzene rings is 1. The summed E-state index contributed by atoms with van der Waals surface area (Å²) in [6.07, 6.45) is 2.50. The smallest absolute Gasteiger partial charge is 0.305 e. The summed E-state index contributed by atoms with van der Waals surface area (Å²) >= 11 is 1.47. The van der Waals surface area contributed by atoms with Crippen LogP contribution in [0, 0.1) is 0 Å². The largest absolute Gasteiger partial charge is 0.481 e. The monoisotopic (exact) mass is 262 g/mol. The molecule has 1 aliphatic rings. The van der Waals surface area contributed by atoms with Crippen molar-refractivity contribution in [1.29, 1.82) is 0 Å². The molecule has 0 unspecified atom stereocenters. The third-order valence-electron chi connectivity index (χ3n) is 3.18. The lowest BCUT2D eigenvalue weighted by Gasteiger charge is -2.21. The average molecular weight is 262 g/mol. The molecule has 1 N–H and O–H groups in total.